The Balaban J connectivity index is 2.05. The van der Waals surface area contributed by atoms with Crippen LogP contribution in [-0.4, -0.2) is 13.0 Å². The lowest BCUT2D eigenvalue weighted by atomic mass is 10.1. The minimum Gasteiger partial charge on any atom is -0.399 e. The second-order valence-electron chi connectivity index (χ2n) is 4.88. The van der Waals surface area contributed by atoms with Crippen molar-refractivity contribution in [1.82, 2.24) is 5.32 Å². The van der Waals surface area contributed by atoms with E-state index in [1.165, 1.54) is 7.11 Å². The van der Waals surface area contributed by atoms with Crippen LogP contribution in [0.15, 0.2) is 48.5 Å². The van der Waals surface area contributed by atoms with Crippen molar-refractivity contribution in [2.24, 2.45) is 0 Å². The number of carbonyl (C=O) groups is 1. The smallest absolute Gasteiger partial charge is 0.254 e. The minimum absolute atomic E-state index is 0.162. The SMILES string of the molecule is COC(C(=O)NCc1cccc(N)c1C)c1ccccc1. The van der Waals surface area contributed by atoms with Gasteiger partial charge in [0.1, 0.15) is 0 Å². The Morgan fingerprint density at radius 3 is 2.57 bits per heavy atom. The maximum atomic E-state index is 12.3. The van der Waals surface area contributed by atoms with Crippen LogP contribution < -0.4 is 11.1 Å². The van der Waals surface area contributed by atoms with Gasteiger partial charge in [0.25, 0.3) is 5.91 Å². The standard InChI is InChI=1S/C17H20N2O2/c1-12-14(9-6-10-15(12)18)11-19-17(20)16(21-2)13-7-4-3-5-8-13/h3-10,16H,11,18H2,1-2H3,(H,19,20). The molecule has 0 fully saturated rings. The third kappa shape index (κ3) is 3.61. The molecule has 0 heterocycles. The summed E-state index contributed by atoms with van der Waals surface area (Å²) >= 11 is 0. The quantitative estimate of drug-likeness (QED) is 0.829. The van der Waals surface area contributed by atoms with Crippen molar-refractivity contribution in [2.75, 3.05) is 12.8 Å². The molecule has 2 aromatic carbocycles. The molecule has 110 valence electrons. The van der Waals surface area contributed by atoms with Crippen molar-refractivity contribution in [3.63, 3.8) is 0 Å². The van der Waals surface area contributed by atoms with Crippen molar-refractivity contribution in [3.8, 4) is 0 Å². The van der Waals surface area contributed by atoms with Gasteiger partial charge in [-0.05, 0) is 29.7 Å². The molecule has 2 rings (SSSR count). The third-order valence-corrected chi connectivity index (χ3v) is 3.52. The summed E-state index contributed by atoms with van der Waals surface area (Å²) in [5.41, 5.74) is 9.43. The lowest BCUT2D eigenvalue weighted by molar-refractivity contribution is -0.131. The van der Waals surface area contributed by atoms with E-state index in [0.29, 0.717) is 6.54 Å². The number of methoxy groups -OCH3 is 1. The number of nitrogen functional groups attached to an aromatic ring is 1. The highest BCUT2D eigenvalue weighted by molar-refractivity contribution is 5.82. The Morgan fingerprint density at radius 1 is 1.19 bits per heavy atom. The van der Waals surface area contributed by atoms with E-state index >= 15 is 0 Å². The zero-order chi connectivity index (χ0) is 15.2. The molecule has 1 unspecified atom stereocenters. The van der Waals surface area contributed by atoms with Crippen molar-refractivity contribution < 1.29 is 9.53 Å². The number of benzene rings is 2. The van der Waals surface area contributed by atoms with E-state index in [-0.39, 0.29) is 5.91 Å². The zero-order valence-corrected chi connectivity index (χ0v) is 12.3. The van der Waals surface area contributed by atoms with Crippen LogP contribution in [0.3, 0.4) is 0 Å². The minimum atomic E-state index is -0.604. The number of nitrogens with two attached hydrogens (primary N) is 1. The monoisotopic (exact) mass is 284 g/mol. The second-order valence-corrected chi connectivity index (χ2v) is 4.88. The fourth-order valence-electron chi connectivity index (χ4n) is 2.19. The van der Waals surface area contributed by atoms with E-state index < -0.39 is 6.10 Å². The van der Waals surface area contributed by atoms with Crippen LogP contribution in [-0.2, 0) is 16.1 Å². The number of hydrogen-bond donors (Lipinski definition) is 2. The van der Waals surface area contributed by atoms with Gasteiger partial charge in [0, 0.05) is 19.3 Å². The molecule has 1 amide bonds. The summed E-state index contributed by atoms with van der Waals surface area (Å²) in [6, 6.07) is 15.1. The Bertz CT molecular complexity index is 611. The number of ether oxygens (including phenoxy) is 1. The number of carbonyl (C=O) groups excluding carboxylic acids is 1. The van der Waals surface area contributed by atoms with E-state index in [0.717, 1.165) is 22.4 Å². The molecule has 1 atom stereocenters. The van der Waals surface area contributed by atoms with Crippen LogP contribution in [0.5, 0.6) is 0 Å². The average molecular weight is 284 g/mol. The molecular weight excluding hydrogens is 264 g/mol. The van der Waals surface area contributed by atoms with Crippen LogP contribution in [0.1, 0.15) is 22.8 Å². The molecule has 0 aliphatic rings. The maximum absolute atomic E-state index is 12.3. The molecule has 0 saturated heterocycles. The molecule has 0 bridgehead atoms. The first-order valence-electron chi connectivity index (χ1n) is 6.83. The number of hydrogen-bond acceptors (Lipinski definition) is 3. The number of nitrogens with one attached hydrogen (secondary N) is 1. The third-order valence-electron chi connectivity index (χ3n) is 3.52. The van der Waals surface area contributed by atoms with Gasteiger partial charge in [-0.2, -0.15) is 0 Å². The summed E-state index contributed by atoms with van der Waals surface area (Å²) < 4.78 is 5.30. The summed E-state index contributed by atoms with van der Waals surface area (Å²) in [6.07, 6.45) is -0.604. The average Bonchev–Trinajstić information content (AvgIpc) is 2.50. The Labute approximate surface area is 124 Å². The van der Waals surface area contributed by atoms with E-state index in [1.807, 2.05) is 55.5 Å². The molecule has 2 aromatic rings. The van der Waals surface area contributed by atoms with Crippen molar-refractivity contribution >= 4 is 11.6 Å². The van der Waals surface area contributed by atoms with Crippen molar-refractivity contribution in [3.05, 3.63) is 65.2 Å². The number of anilines is 1. The predicted octanol–water partition coefficient (Wildman–Crippen LogP) is 2.58. The van der Waals surface area contributed by atoms with E-state index in [4.69, 9.17) is 10.5 Å². The number of rotatable bonds is 5. The fourth-order valence-corrected chi connectivity index (χ4v) is 2.19. The molecule has 0 radical (unpaired) electrons. The van der Waals surface area contributed by atoms with Crippen LogP contribution in [0, 0.1) is 6.92 Å². The summed E-state index contributed by atoms with van der Waals surface area (Å²) in [5.74, 6) is -0.162. The number of amides is 1. The molecule has 3 N–H and O–H groups in total. The van der Waals surface area contributed by atoms with Gasteiger partial charge in [0.15, 0.2) is 6.10 Å². The predicted molar refractivity (Wildman–Crippen MR) is 83.6 cm³/mol. The van der Waals surface area contributed by atoms with Gasteiger partial charge in [-0.15, -0.1) is 0 Å². The van der Waals surface area contributed by atoms with E-state index in [1.54, 1.807) is 0 Å². The lowest BCUT2D eigenvalue weighted by Crippen LogP contribution is -2.30. The van der Waals surface area contributed by atoms with Crippen molar-refractivity contribution in [2.45, 2.75) is 19.6 Å². The van der Waals surface area contributed by atoms with Gasteiger partial charge in [-0.3, -0.25) is 4.79 Å². The fraction of sp³-hybridized carbons (Fsp3) is 0.235. The molecule has 4 nitrogen and oxygen atoms in total. The van der Waals surface area contributed by atoms with Crippen LogP contribution >= 0.6 is 0 Å². The van der Waals surface area contributed by atoms with Gasteiger partial charge in [0.2, 0.25) is 0 Å². The zero-order valence-electron chi connectivity index (χ0n) is 12.3. The van der Waals surface area contributed by atoms with Crippen LogP contribution in [0.2, 0.25) is 0 Å². The van der Waals surface area contributed by atoms with Gasteiger partial charge >= 0.3 is 0 Å². The summed E-state index contributed by atoms with van der Waals surface area (Å²) in [5, 5.41) is 2.90. The second kappa shape index (κ2) is 6.90. The Kier molecular flexibility index (Phi) is 4.95. The van der Waals surface area contributed by atoms with Gasteiger partial charge in [-0.25, -0.2) is 0 Å². The Morgan fingerprint density at radius 2 is 1.90 bits per heavy atom. The lowest BCUT2D eigenvalue weighted by Gasteiger charge is -2.16. The molecule has 0 aromatic heterocycles. The molecule has 21 heavy (non-hydrogen) atoms. The molecular formula is C17H20N2O2. The van der Waals surface area contributed by atoms with E-state index in [9.17, 15) is 4.79 Å². The molecule has 0 saturated carbocycles. The summed E-state index contributed by atoms with van der Waals surface area (Å²) in [7, 11) is 1.53. The molecule has 0 aliphatic heterocycles. The Hall–Kier alpha value is -2.33. The van der Waals surface area contributed by atoms with Gasteiger partial charge < -0.3 is 15.8 Å². The molecule has 0 spiro atoms. The highest BCUT2D eigenvalue weighted by Crippen LogP contribution is 2.18. The molecule has 4 heteroatoms. The van der Waals surface area contributed by atoms with Gasteiger partial charge in [0.05, 0.1) is 0 Å². The first kappa shape index (κ1) is 15.1. The first-order valence-corrected chi connectivity index (χ1v) is 6.83. The normalized spacial score (nSPS) is 11.9. The van der Waals surface area contributed by atoms with Gasteiger partial charge in [-0.1, -0.05) is 42.5 Å². The first-order chi connectivity index (χ1) is 10.1. The molecule has 0 aliphatic carbocycles. The maximum Gasteiger partial charge on any atom is 0.254 e. The largest absolute Gasteiger partial charge is 0.399 e. The summed E-state index contributed by atoms with van der Waals surface area (Å²) in [4.78, 5) is 12.3. The highest BCUT2D eigenvalue weighted by atomic mass is 16.5. The van der Waals surface area contributed by atoms with Crippen molar-refractivity contribution in [1.29, 1.82) is 0 Å². The summed E-state index contributed by atoms with van der Waals surface area (Å²) in [6.45, 7) is 2.38. The van der Waals surface area contributed by atoms with E-state index in [2.05, 4.69) is 5.32 Å². The van der Waals surface area contributed by atoms with Crippen LogP contribution in [0.4, 0.5) is 5.69 Å². The van der Waals surface area contributed by atoms with Crippen LogP contribution in [0.25, 0.3) is 0 Å². The highest BCUT2D eigenvalue weighted by Gasteiger charge is 2.19. The topological polar surface area (TPSA) is 64.3 Å².